The fourth-order valence-corrected chi connectivity index (χ4v) is 9.80. The number of carbonyl (C=O) groups excluding carboxylic acids is 1. The molecule has 3 fully saturated rings. The van der Waals surface area contributed by atoms with Crippen LogP contribution in [-0.2, 0) is 20.8 Å². The van der Waals surface area contributed by atoms with Gasteiger partial charge in [-0.25, -0.2) is 26.4 Å². The van der Waals surface area contributed by atoms with Crippen molar-refractivity contribution < 1.29 is 49.0 Å². The van der Waals surface area contributed by atoms with Crippen molar-refractivity contribution in [1.29, 1.82) is 5.26 Å². The Morgan fingerprint density at radius 3 is 2.54 bits per heavy atom. The van der Waals surface area contributed by atoms with Crippen LogP contribution in [-0.4, -0.2) is 91.0 Å². The summed E-state index contributed by atoms with van der Waals surface area (Å²) in [6.45, 7) is 5.18. The second-order valence-electron chi connectivity index (χ2n) is 14.7. The van der Waals surface area contributed by atoms with Gasteiger partial charge in [0.15, 0.2) is 15.7 Å². The van der Waals surface area contributed by atoms with E-state index >= 15 is 22.0 Å². The zero-order valence-electron chi connectivity index (χ0n) is 29.2. The van der Waals surface area contributed by atoms with Gasteiger partial charge in [0.2, 0.25) is 0 Å². The molecule has 0 spiro atoms. The van der Waals surface area contributed by atoms with Gasteiger partial charge in [-0.2, -0.15) is 28.4 Å². The number of amides is 1. The van der Waals surface area contributed by atoms with Gasteiger partial charge in [0.05, 0.1) is 32.9 Å². The van der Waals surface area contributed by atoms with Crippen LogP contribution in [0.5, 0.6) is 6.01 Å². The molecule has 2 aromatic carbocycles. The van der Waals surface area contributed by atoms with Crippen LogP contribution < -0.4 is 15.0 Å². The first-order valence-electron chi connectivity index (χ1n) is 17.0. The zero-order chi connectivity index (χ0) is 39.0. The molecule has 5 heterocycles. The lowest BCUT2D eigenvalue weighted by molar-refractivity contribution is -0.137. The Morgan fingerprint density at radius 2 is 1.87 bits per heavy atom. The number of rotatable bonds is 6. The summed E-state index contributed by atoms with van der Waals surface area (Å²) >= 11 is 0.565. The molecule has 0 radical (unpaired) electrons. The Morgan fingerprint density at radius 1 is 1.15 bits per heavy atom. The van der Waals surface area contributed by atoms with Gasteiger partial charge < -0.3 is 14.4 Å². The van der Waals surface area contributed by atoms with Crippen LogP contribution >= 0.6 is 11.3 Å². The average Bonchev–Trinajstić information content (AvgIpc) is 3.73. The van der Waals surface area contributed by atoms with E-state index in [2.05, 4.69) is 15.3 Å². The second kappa shape index (κ2) is 13.4. The van der Waals surface area contributed by atoms with Crippen LogP contribution in [0.25, 0.3) is 32.1 Å². The summed E-state index contributed by atoms with van der Waals surface area (Å²) in [6.07, 6.45) is -5.76. The lowest BCUT2D eigenvalue weighted by Crippen LogP contribution is -2.43. The number of thiophene rings is 1. The van der Waals surface area contributed by atoms with Crippen LogP contribution in [0.3, 0.4) is 0 Å². The number of nitriles is 1. The van der Waals surface area contributed by atoms with Gasteiger partial charge in [0.25, 0.3) is 0 Å². The molecule has 0 unspecified atom stereocenters. The highest BCUT2D eigenvalue weighted by Crippen LogP contribution is 2.49. The number of sulfone groups is 1. The van der Waals surface area contributed by atoms with Crippen molar-refractivity contribution in [2.45, 2.75) is 63.5 Å². The van der Waals surface area contributed by atoms with Crippen LogP contribution in [0.1, 0.15) is 51.2 Å². The number of nitrogens with zero attached hydrogens (tertiary/aromatic N) is 5. The first kappa shape index (κ1) is 37.9. The number of aromatic nitrogens is 2. The number of hydrogen-bond acceptors (Lipinski definition) is 11. The molecule has 288 valence electrons. The molecule has 3 saturated heterocycles. The van der Waals surface area contributed by atoms with Gasteiger partial charge in [-0.15, -0.1) is 11.3 Å². The Balaban J connectivity index is 1.43. The summed E-state index contributed by atoms with van der Waals surface area (Å²) in [7, 11) is -3.45. The third-order valence-corrected chi connectivity index (χ3v) is 12.6. The molecule has 3 aliphatic rings. The summed E-state index contributed by atoms with van der Waals surface area (Å²) in [6, 6.07) is 3.78. The molecule has 1 N–H and O–H groups in total. The van der Waals surface area contributed by atoms with Crippen molar-refractivity contribution in [3.63, 3.8) is 0 Å². The van der Waals surface area contributed by atoms with Crippen molar-refractivity contribution in [2.75, 3.05) is 54.5 Å². The van der Waals surface area contributed by atoms with Gasteiger partial charge in [-0.05, 0) is 57.9 Å². The largest absolute Gasteiger partial charge is 0.461 e. The zero-order valence-corrected chi connectivity index (χ0v) is 30.9. The highest BCUT2D eigenvalue weighted by molar-refractivity contribution is 7.91. The standard InChI is InChI=1S/C35H34F6N6O5S2/c1-33(2,3)52-32(48)45-30-21(15-42)24-19(5-6-23(37)28(24)53-30)25-22(35(39,40)41)13-20-27(26(25)38)43-31(44-29(20)46-9-11-54(49,50)12-10-46)51-17-34-7-4-8-47(34)16-18(36)14-34/h5-6,13,18H,4,7-12,14,16-17H2,1-3H3,(H,45,48)/t18-,34+/m1/s1. The van der Waals surface area contributed by atoms with E-state index in [0.29, 0.717) is 30.4 Å². The maximum Gasteiger partial charge on any atom is 0.417 e. The number of alkyl halides is 4. The average molecular weight is 797 g/mol. The van der Waals surface area contributed by atoms with Gasteiger partial charge in [0, 0.05) is 42.4 Å². The summed E-state index contributed by atoms with van der Waals surface area (Å²) in [5.74, 6) is -3.30. The smallest absolute Gasteiger partial charge is 0.417 e. The fourth-order valence-electron chi connectivity index (χ4n) is 7.53. The number of benzene rings is 2. The number of halogens is 6. The highest BCUT2D eigenvalue weighted by atomic mass is 32.2. The Hall–Kier alpha value is -4.41. The molecular formula is C35H34F6N6O5S2. The van der Waals surface area contributed by atoms with E-state index in [1.165, 1.54) is 4.90 Å². The quantitative estimate of drug-likeness (QED) is 0.199. The third kappa shape index (κ3) is 6.99. The topological polar surface area (TPSA) is 138 Å². The minimum atomic E-state index is -5.22. The van der Waals surface area contributed by atoms with E-state index < -0.39 is 90.2 Å². The third-order valence-electron chi connectivity index (χ3n) is 9.86. The SMILES string of the molecule is CC(C)(C)OC(=O)Nc1sc2c(F)ccc(-c3c(C(F)(F)F)cc4c(N5CCS(=O)(=O)CC5)nc(OC[C@@]56CCCN5C[C@H](F)C6)nc4c3F)c2c1C#N. The first-order chi connectivity index (χ1) is 25.3. The van der Waals surface area contributed by atoms with Crippen molar-refractivity contribution in [2.24, 2.45) is 0 Å². The molecule has 2 aromatic heterocycles. The maximum atomic E-state index is 17.2. The van der Waals surface area contributed by atoms with E-state index in [-0.39, 0.29) is 65.1 Å². The number of ether oxygens (including phenoxy) is 2. The molecule has 2 atom stereocenters. The van der Waals surface area contributed by atoms with E-state index in [0.717, 1.165) is 18.6 Å². The normalized spacial score (nSPS) is 21.7. The van der Waals surface area contributed by atoms with Gasteiger partial charge in [-0.3, -0.25) is 10.2 Å². The van der Waals surface area contributed by atoms with Gasteiger partial charge in [0.1, 0.15) is 46.6 Å². The molecule has 0 bridgehead atoms. The van der Waals surface area contributed by atoms with Crippen molar-refractivity contribution in [3.05, 3.63) is 41.0 Å². The van der Waals surface area contributed by atoms with Crippen LogP contribution in [0.4, 0.5) is 42.0 Å². The predicted molar refractivity (Wildman–Crippen MR) is 189 cm³/mol. The minimum Gasteiger partial charge on any atom is -0.461 e. The summed E-state index contributed by atoms with van der Waals surface area (Å²) < 4.78 is 128. The Kier molecular flexibility index (Phi) is 9.41. The van der Waals surface area contributed by atoms with Crippen molar-refractivity contribution >= 4 is 59.1 Å². The van der Waals surface area contributed by atoms with Crippen molar-refractivity contribution in [3.8, 4) is 23.2 Å². The molecular weight excluding hydrogens is 763 g/mol. The molecule has 1 amide bonds. The van der Waals surface area contributed by atoms with Crippen LogP contribution in [0.15, 0.2) is 18.2 Å². The Bertz CT molecular complexity index is 2330. The van der Waals surface area contributed by atoms with Gasteiger partial charge >= 0.3 is 18.3 Å². The maximum absolute atomic E-state index is 17.2. The predicted octanol–water partition coefficient (Wildman–Crippen LogP) is 7.22. The van der Waals surface area contributed by atoms with Crippen LogP contribution in [0.2, 0.25) is 0 Å². The summed E-state index contributed by atoms with van der Waals surface area (Å²) in [4.78, 5) is 24.6. The van der Waals surface area contributed by atoms with Crippen LogP contribution in [0, 0.1) is 23.0 Å². The monoisotopic (exact) mass is 796 g/mol. The second-order valence-corrected chi connectivity index (χ2v) is 18.0. The molecule has 54 heavy (non-hydrogen) atoms. The van der Waals surface area contributed by atoms with E-state index in [9.17, 15) is 22.9 Å². The number of hydrogen-bond donors (Lipinski definition) is 1. The molecule has 11 nitrogen and oxygen atoms in total. The summed E-state index contributed by atoms with van der Waals surface area (Å²) in [5, 5.41) is 11.5. The Labute approximate surface area is 309 Å². The molecule has 0 aliphatic carbocycles. The number of fused-ring (bicyclic) bond motifs is 3. The number of carbonyl (C=O) groups is 1. The van der Waals surface area contributed by atoms with E-state index in [1.807, 2.05) is 11.0 Å². The number of anilines is 2. The molecule has 7 rings (SSSR count). The molecule has 19 heteroatoms. The fraction of sp³-hybridized carbons (Fsp3) is 0.486. The minimum absolute atomic E-state index is 0.0890. The molecule has 3 aliphatic heterocycles. The van der Waals surface area contributed by atoms with Crippen molar-refractivity contribution in [1.82, 2.24) is 14.9 Å². The molecule has 0 saturated carbocycles. The lowest BCUT2D eigenvalue weighted by Gasteiger charge is -2.31. The number of nitrogens with one attached hydrogen (secondary N) is 1. The van der Waals surface area contributed by atoms with Gasteiger partial charge in [-0.1, -0.05) is 6.07 Å². The van der Waals surface area contributed by atoms with E-state index in [4.69, 9.17) is 9.47 Å². The highest BCUT2D eigenvalue weighted by Gasteiger charge is 2.49. The summed E-state index contributed by atoms with van der Waals surface area (Å²) in [5.41, 5.74) is -5.73. The van der Waals surface area contributed by atoms with E-state index in [1.54, 1.807) is 20.8 Å². The lowest BCUT2D eigenvalue weighted by atomic mass is 9.92. The molecule has 4 aromatic rings. The first-order valence-corrected chi connectivity index (χ1v) is 19.7.